The predicted molar refractivity (Wildman–Crippen MR) is 109 cm³/mol. The Hall–Kier alpha value is -1.70. The van der Waals surface area contributed by atoms with E-state index in [9.17, 15) is 0 Å². The molecule has 2 saturated heterocycles. The molecule has 2 atom stereocenters. The highest BCUT2D eigenvalue weighted by molar-refractivity contribution is 6.30. The van der Waals surface area contributed by atoms with Gasteiger partial charge in [0.15, 0.2) is 6.04 Å². The van der Waals surface area contributed by atoms with Gasteiger partial charge < -0.3 is 14.5 Å². The third-order valence-corrected chi connectivity index (χ3v) is 6.16. The van der Waals surface area contributed by atoms with E-state index < -0.39 is 0 Å². The van der Waals surface area contributed by atoms with Gasteiger partial charge in [-0.1, -0.05) is 31.5 Å². The molecule has 152 valence electrons. The molecule has 0 bridgehead atoms. The number of ether oxygens (including phenoxy) is 1. The maximum atomic E-state index is 6.17. The van der Waals surface area contributed by atoms with Crippen molar-refractivity contribution in [3.8, 4) is 0 Å². The number of halogens is 1. The number of aromatic nitrogens is 4. The number of rotatable bonds is 6. The highest BCUT2D eigenvalue weighted by atomic mass is 35.5. The summed E-state index contributed by atoms with van der Waals surface area (Å²) in [7, 11) is 0. The van der Waals surface area contributed by atoms with Gasteiger partial charge >= 0.3 is 0 Å². The Labute approximate surface area is 171 Å². The number of hydrogen-bond acceptors (Lipinski definition) is 5. The average Bonchev–Trinajstić information content (AvgIpc) is 3.35. The average molecular weight is 406 g/mol. The maximum Gasteiger partial charge on any atom is 0.209 e. The van der Waals surface area contributed by atoms with Gasteiger partial charge in [-0.3, -0.25) is 0 Å². The molecule has 3 heterocycles. The zero-order valence-electron chi connectivity index (χ0n) is 16.7. The van der Waals surface area contributed by atoms with Crippen molar-refractivity contribution in [2.24, 2.45) is 5.92 Å². The molecule has 28 heavy (non-hydrogen) atoms. The summed E-state index contributed by atoms with van der Waals surface area (Å²) >= 11 is 6.17. The Balaban J connectivity index is 1.45. The first-order valence-corrected chi connectivity index (χ1v) is 10.7. The van der Waals surface area contributed by atoms with Crippen LogP contribution in [0.3, 0.4) is 0 Å². The number of tetrazole rings is 1. The van der Waals surface area contributed by atoms with Crippen molar-refractivity contribution >= 4 is 17.3 Å². The molecule has 0 amide bonds. The maximum absolute atomic E-state index is 6.17. The van der Waals surface area contributed by atoms with Crippen molar-refractivity contribution in [1.82, 2.24) is 20.2 Å². The largest absolute Gasteiger partial charge is 0.376 e. The highest BCUT2D eigenvalue weighted by Gasteiger charge is 2.35. The lowest BCUT2D eigenvalue weighted by atomic mass is 10.0. The Morgan fingerprint density at radius 1 is 1.29 bits per heavy atom. The van der Waals surface area contributed by atoms with Crippen LogP contribution in [0.1, 0.15) is 38.6 Å². The number of quaternary nitrogens is 1. The molecule has 0 spiro atoms. The van der Waals surface area contributed by atoms with Gasteiger partial charge in [-0.05, 0) is 41.5 Å². The Bertz CT molecular complexity index is 768. The summed E-state index contributed by atoms with van der Waals surface area (Å²) in [6.07, 6.45) is 2.47. The fourth-order valence-corrected chi connectivity index (χ4v) is 4.72. The molecule has 0 radical (unpaired) electrons. The van der Waals surface area contributed by atoms with Crippen molar-refractivity contribution < 1.29 is 9.64 Å². The minimum atomic E-state index is 0.240. The van der Waals surface area contributed by atoms with E-state index in [0.717, 1.165) is 63.0 Å². The molecule has 2 aromatic rings. The van der Waals surface area contributed by atoms with Crippen molar-refractivity contribution in [2.45, 2.75) is 45.4 Å². The van der Waals surface area contributed by atoms with Gasteiger partial charge in [-0.25, -0.2) is 4.68 Å². The first-order chi connectivity index (χ1) is 13.6. The number of nitrogens with zero attached hydrogens (tertiary/aromatic N) is 5. The topological polar surface area (TPSA) is 60.5 Å². The third-order valence-electron chi connectivity index (χ3n) is 5.92. The monoisotopic (exact) mass is 405 g/mol. The van der Waals surface area contributed by atoms with Crippen LogP contribution in [-0.4, -0.2) is 59.1 Å². The lowest BCUT2D eigenvalue weighted by Crippen LogP contribution is -3.15. The van der Waals surface area contributed by atoms with Crippen molar-refractivity contribution in [3.63, 3.8) is 0 Å². The van der Waals surface area contributed by atoms with Crippen LogP contribution in [0.5, 0.6) is 0 Å². The summed E-state index contributed by atoms with van der Waals surface area (Å²) in [5, 5.41) is 13.5. The van der Waals surface area contributed by atoms with Gasteiger partial charge in [0, 0.05) is 23.2 Å². The molecule has 1 aromatic carbocycles. The quantitative estimate of drug-likeness (QED) is 0.791. The van der Waals surface area contributed by atoms with E-state index in [1.54, 1.807) is 4.90 Å². The second-order valence-corrected chi connectivity index (χ2v) is 8.64. The van der Waals surface area contributed by atoms with Crippen LogP contribution in [-0.2, 0) is 11.3 Å². The Morgan fingerprint density at radius 2 is 2.11 bits per heavy atom. The number of piperazine rings is 1. The molecule has 7 nitrogen and oxygen atoms in total. The molecule has 0 aliphatic carbocycles. The Kier molecular flexibility index (Phi) is 6.13. The molecule has 4 rings (SSSR count). The van der Waals surface area contributed by atoms with E-state index >= 15 is 0 Å². The molecule has 0 saturated carbocycles. The van der Waals surface area contributed by atoms with Crippen molar-refractivity contribution in [2.75, 3.05) is 37.7 Å². The molecule has 8 heteroatoms. The van der Waals surface area contributed by atoms with Crippen molar-refractivity contribution in [1.29, 1.82) is 0 Å². The molecule has 1 aromatic heterocycles. The van der Waals surface area contributed by atoms with Gasteiger partial charge in [0.05, 0.1) is 38.8 Å². The van der Waals surface area contributed by atoms with Crippen LogP contribution in [0.2, 0.25) is 5.02 Å². The minimum absolute atomic E-state index is 0.240. The molecule has 1 N–H and O–H groups in total. The second kappa shape index (κ2) is 8.76. The number of hydrogen-bond donors (Lipinski definition) is 1. The van der Waals surface area contributed by atoms with E-state index in [1.807, 2.05) is 16.8 Å². The van der Waals surface area contributed by atoms with E-state index in [4.69, 9.17) is 16.3 Å². The summed E-state index contributed by atoms with van der Waals surface area (Å²) in [4.78, 5) is 3.97. The van der Waals surface area contributed by atoms with E-state index in [-0.39, 0.29) is 12.1 Å². The first-order valence-electron chi connectivity index (χ1n) is 10.3. The number of anilines is 1. The first kappa shape index (κ1) is 19.6. The van der Waals surface area contributed by atoms with Crippen LogP contribution < -0.4 is 9.80 Å². The fourth-order valence-electron chi connectivity index (χ4n) is 4.53. The summed E-state index contributed by atoms with van der Waals surface area (Å²) in [6.45, 7) is 10.3. The van der Waals surface area contributed by atoms with E-state index in [2.05, 4.69) is 46.4 Å². The normalized spacial score (nSPS) is 22.1. The van der Waals surface area contributed by atoms with E-state index in [0.29, 0.717) is 5.92 Å². The van der Waals surface area contributed by atoms with Gasteiger partial charge in [-0.2, -0.15) is 0 Å². The van der Waals surface area contributed by atoms with E-state index in [1.165, 1.54) is 5.69 Å². The molecular weight excluding hydrogens is 376 g/mol. The fraction of sp³-hybridized carbons (Fsp3) is 0.650. The molecule has 2 aliphatic rings. The number of benzene rings is 1. The smallest absolute Gasteiger partial charge is 0.209 e. The SMILES string of the molecule is CC(C)[C@@H](c1nnnn1C[C@H]1CCCO1)[NH+]1CCN(c2cccc(Cl)c2)CC1. The van der Waals surface area contributed by atoms with Gasteiger partial charge in [-0.15, -0.1) is 5.10 Å². The van der Waals surface area contributed by atoms with Crippen LogP contribution in [0.4, 0.5) is 5.69 Å². The Morgan fingerprint density at radius 3 is 2.79 bits per heavy atom. The standard InChI is InChI=1S/C20H29ClN6O/c1-15(2)19(20-22-23-24-27(20)14-18-7-4-12-28-18)26-10-8-25(9-11-26)17-6-3-5-16(21)13-17/h3,5-6,13,15,18-19H,4,7-12,14H2,1-2H3/p+1/t18-,19+/m1/s1. The van der Waals surface area contributed by atoms with Crippen LogP contribution >= 0.6 is 11.6 Å². The zero-order chi connectivity index (χ0) is 19.5. The van der Waals surface area contributed by atoms with Gasteiger partial charge in [0.2, 0.25) is 5.82 Å². The molecule has 2 fully saturated rings. The summed E-state index contributed by atoms with van der Waals surface area (Å²) in [5.41, 5.74) is 1.20. The molecule has 0 unspecified atom stereocenters. The summed E-state index contributed by atoms with van der Waals surface area (Å²) in [5.74, 6) is 1.46. The predicted octanol–water partition coefficient (Wildman–Crippen LogP) is 1.61. The summed E-state index contributed by atoms with van der Waals surface area (Å²) < 4.78 is 7.78. The lowest BCUT2D eigenvalue weighted by Gasteiger charge is -2.38. The van der Waals surface area contributed by atoms with Gasteiger partial charge in [0.1, 0.15) is 0 Å². The van der Waals surface area contributed by atoms with Gasteiger partial charge in [0.25, 0.3) is 0 Å². The van der Waals surface area contributed by atoms with Crippen LogP contribution in [0.25, 0.3) is 0 Å². The minimum Gasteiger partial charge on any atom is -0.376 e. The third kappa shape index (κ3) is 4.31. The van der Waals surface area contributed by atoms with Crippen LogP contribution in [0, 0.1) is 5.92 Å². The molecule has 2 aliphatic heterocycles. The zero-order valence-corrected chi connectivity index (χ0v) is 17.5. The number of nitrogens with one attached hydrogen (secondary N) is 1. The lowest BCUT2D eigenvalue weighted by molar-refractivity contribution is -0.937. The highest BCUT2D eigenvalue weighted by Crippen LogP contribution is 2.22. The van der Waals surface area contributed by atoms with Crippen LogP contribution in [0.15, 0.2) is 24.3 Å². The second-order valence-electron chi connectivity index (χ2n) is 8.20. The summed E-state index contributed by atoms with van der Waals surface area (Å²) in [6, 6.07) is 8.42. The van der Waals surface area contributed by atoms with Crippen molar-refractivity contribution in [3.05, 3.63) is 35.1 Å². The molecular formula is C20H30ClN6O+.